The number of benzene rings is 1. The molecule has 6 heteroatoms. The SMILES string of the molecule is CC[N+]([O-])(CC1CC1)[C@@H]1Cc2ccc(O)c3c2C2[C@@H](O3)[C@@H](O)CC[C@]21O. The summed E-state index contributed by atoms with van der Waals surface area (Å²) >= 11 is 0. The number of quaternary nitrogens is 1. The van der Waals surface area contributed by atoms with E-state index in [4.69, 9.17) is 4.74 Å². The third kappa shape index (κ3) is 2.13. The third-order valence-electron chi connectivity index (χ3n) is 7.28. The van der Waals surface area contributed by atoms with Crippen molar-refractivity contribution in [3.8, 4) is 11.5 Å². The lowest BCUT2D eigenvalue weighted by Gasteiger charge is -2.59. The van der Waals surface area contributed by atoms with Crippen LogP contribution >= 0.6 is 0 Å². The molecule has 0 radical (unpaired) electrons. The van der Waals surface area contributed by atoms with Crippen LogP contribution in [-0.2, 0) is 6.42 Å². The second kappa shape index (κ2) is 5.35. The Balaban J connectivity index is 1.65. The van der Waals surface area contributed by atoms with Crippen molar-refractivity contribution >= 4 is 0 Å². The fraction of sp³-hybridized carbons (Fsp3) is 0.700. The van der Waals surface area contributed by atoms with Crippen molar-refractivity contribution in [2.24, 2.45) is 5.92 Å². The summed E-state index contributed by atoms with van der Waals surface area (Å²) in [7, 11) is 0. The molecule has 1 heterocycles. The summed E-state index contributed by atoms with van der Waals surface area (Å²) in [6.07, 6.45) is 2.22. The molecule has 0 aromatic heterocycles. The van der Waals surface area contributed by atoms with E-state index in [1.54, 1.807) is 6.07 Å². The summed E-state index contributed by atoms with van der Waals surface area (Å²) in [6, 6.07) is 3.00. The van der Waals surface area contributed by atoms with Crippen LogP contribution in [0.3, 0.4) is 0 Å². The van der Waals surface area contributed by atoms with Gasteiger partial charge in [-0.2, -0.15) is 0 Å². The van der Waals surface area contributed by atoms with Crippen LogP contribution in [0.2, 0.25) is 0 Å². The maximum absolute atomic E-state index is 13.8. The topological polar surface area (TPSA) is 93.0 Å². The summed E-state index contributed by atoms with van der Waals surface area (Å²) in [5, 5.41) is 46.4. The zero-order chi connectivity index (χ0) is 18.3. The molecule has 1 aromatic carbocycles. The second-order valence-corrected chi connectivity index (χ2v) is 8.76. The van der Waals surface area contributed by atoms with Crippen molar-refractivity contribution in [2.45, 2.75) is 68.8 Å². The minimum atomic E-state index is -1.21. The predicted octanol–water partition coefficient (Wildman–Crippen LogP) is 1.79. The predicted molar refractivity (Wildman–Crippen MR) is 94.7 cm³/mol. The van der Waals surface area contributed by atoms with E-state index < -0.39 is 29.8 Å². The van der Waals surface area contributed by atoms with E-state index in [-0.39, 0.29) is 10.4 Å². The maximum Gasteiger partial charge on any atom is 0.165 e. The molecule has 3 aliphatic carbocycles. The van der Waals surface area contributed by atoms with E-state index in [1.807, 2.05) is 13.0 Å². The highest BCUT2D eigenvalue weighted by molar-refractivity contribution is 5.58. The zero-order valence-corrected chi connectivity index (χ0v) is 15.1. The zero-order valence-electron chi connectivity index (χ0n) is 15.1. The van der Waals surface area contributed by atoms with Crippen molar-refractivity contribution in [3.05, 3.63) is 28.5 Å². The van der Waals surface area contributed by atoms with Crippen molar-refractivity contribution in [3.63, 3.8) is 0 Å². The standard InChI is InChI=1S/C20H27NO5/c1-2-21(25,10-11-3-4-11)15-9-12-5-6-13(22)18-16(12)17-19(26-18)14(23)7-8-20(15,17)24/h5-6,11,14-15,17,19,22-24H,2-4,7-10H2,1H3/t14-,15+,17?,19-,20+,21?/m0/s1. The fourth-order valence-electron chi connectivity index (χ4n) is 5.72. The Bertz CT molecular complexity index is 750. The Morgan fingerprint density at radius 3 is 2.77 bits per heavy atom. The Kier molecular flexibility index (Phi) is 3.46. The van der Waals surface area contributed by atoms with Gasteiger partial charge in [0.1, 0.15) is 17.7 Å². The molecule has 1 aromatic rings. The highest BCUT2D eigenvalue weighted by Gasteiger charge is 2.64. The quantitative estimate of drug-likeness (QED) is 0.562. The van der Waals surface area contributed by atoms with Gasteiger partial charge in [-0.1, -0.05) is 6.07 Å². The number of aliphatic hydroxyl groups is 2. The van der Waals surface area contributed by atoms with Crippen LogP contribution in [0.15, 0.2) is 12.1 Å². The summed E-state index contributed by atoms with van der Waals surface area (Å²) in [5.41, 5.74) is 0.570. The van der Waals surface area contributed by atoms with Crippen molar-refractivity contribution in [1.29, 1.82) is 0 Å². The largest absolute Gasteiger partial charge is 0.633 e. The van der Waals surface area contributed by atoms with Crippen LogP contribution in [0.4, 0.5) is 0 Å². The molecule has 3 N–H and O–H groups in total. The van der Waals surface area contributed by atoms with Gasteiger partial charge in [0.05, 0.1) is 25.1 Å². The van der Waals surface area contributed by atoms with Gasteiger partial charge in [0.15, 0.2) is 11.5 Å². The van der Waals surface area contributed by atoms with E-state index in [0.717, 1.165) is 24.0 Å². The Hall–Kier alpha value is -1.34. The molecule has 2 fully saturated rings. The van der Waals surface area contributed by atoms with Gasteiger partial charge in [0.25, 0.3) is 0 Å². The number of hydrogen-bond acceptors (Lipinski definition) is 5. The number of rotatable bonds is 4. The summed E-state index contributed by atoms with van der Waals surface area (Å²) in [4.78, 5) is 0. The first-order valence-electron chi connectivity index (χ1n) is 9.87. The first-order valence-corrected chi connectivity index (χ1v) is 9.87. The Morgan fingerprint density at radius 1 is 1.31 bits per heavy atom. The van der Waals surface area contributed by atoms with E-state index in [1.165, 1.54) is 0 Å². The molecular weight excluding hydrogens is 334 g/mol. The number of phenols is 1. The van der Waals surface area contributed by atoms with Crippen molar-refractivity contribution in [1.82, 2.24) is 0 Å². The molecule has 6 nitrogen and oxygen atoms in total. The molecule has 26 heavy (non-hydrogen) atoms. The molecular formula is C20H27NO5. The van der Waals surface area contributed by atoms with Gasteiger partial charge in [-0.15, -0.1) is 0 Å². The van der Waals surface area contributed by atoms with E-state index in [0.29, 0.717) is 44.0 Å². The van der Waals surface area contributed by atoms with Crippen LogP contribution in [0.25, 0.3) is 0 Å². The molecule has 6 atom stereocenters. The van der Waals surface area contributed by atoms with Crippen LogP contribution in [0.1, 0.15) is 49.7 Å². The molecule has 4 aliphatic rings. The molecule has 0 saturated heterocycles. The van der Waals surface area contributed by atoms with Crippen LogP contribution in [0.5, 0.6) is 11.5 Å². The smallest absolute Gasteiger partial charge is 0.165 e. The number of phenolic OH excluding ortho intramolecular Hbond substituents is 1. The van der Waals surface area contributed by atoms with Gasteiger partial charge in [-0.25, -0.2) is 0 Å². The molecule has 1 aliphatic heterocycles. The summed E-state index contributed by atoms with van der Waals surface area (Å²) < 4.78 is 5.55. The van der Waals surface area contributed by atoms with Crippen molar-refractivity contribution < 1.29 is 24.7 Å². The number of hydroxylamine groups is 3. The summed E-state index contributed by atoms with van der Waals surface area (Å²) in [6.45, 7) is 2.91. The molecule has 142 valence electrons. The number of hydrogen-bond donors (Lipinski definition) is 3. The molecule has 5 rings (SSSR count). The van der Waals surface area contributed by atoms with Gasteiger partial charge in [0.2, 0.25) is 0 Å². The monoisotopic (exact) mass is 361 g/mol. The molecule has 0 amide bonds. The van der Waals surface area contributed by atoms with Crippen LogP contribution in [0, 0.1) is 11.1 Å². The maximum atomic E-state index is 13.8. The average molecular weight is 361 g/mol. The molecule has 0 bridgehead atoms. The number of nitrogens with zero attached hydrogens (tertiary/aromatic N) is 1. The van der Waals surface area contributed by atoms with E-state index in [2.05, 4.69) is 0 Å². The molecule has 2 unspecified atom stereocenters. The lowest BCUT2D eigenvalue weighted by molar-refractivity contribution is -0.914. The third-order valence-corrected chi connectivity index (χ3v) is 7.28. The summed E-state index contributed by atoms with van der Waals surface area (Å²) in [5.74, 6) is 0.456. The van der Waals surface area contributed by atoms with Crippen molar-refractivity contribution in [2.75, 3.05) is 13.1 Å². The van der Waals surface area contributed by atoms with Gasteiger partial charge >= 0.3 is 0 Å². The highest BCUT2D eigenvalue weighted by atomic mass is 16.6. The van der Waals surface area contributed by atoms with E-state index in [9.17, 15) is 20.5 Å². The molecule has 2 saturated carbocycles. The van der Waals surface area contributed by atoms with Crippen LogP contribution in [-0.4, -0.2) is 56.9 Å². The minimum Gasteiger partial charge on any atom is -0.633 e. The van der Waals surface area contributed by atoms with Gasteiger partial charge in [0, 0.05) is 17.9 Å². The minimum absolute atomic E-state index is 0.0440. The number of aromatic hydroxyl groups is 1. The normalized spacial score (nSPS) is 39.8. The Morgan fingerprint density at radius 2 is 2.08 bits per heavy atom. The number of ether oxygens (including phenoxy) is 1. The number of aliphatic hydroxyl groups excluding tert-OH is 1. The van der Waals surface area contributed by atoms with E-state index >= 15 is 0 Å². The first-order chi connectivity index (χ1) is 12.4. The Labute approximate surface area is 153 Å². The van der Waals surface area contributed by atoms with Gasteiger partial charge in [-0.3, -0.25) is 0 Å². The lowest BCUT2D eigenvalue weighted by atomic mass is 9.61. The highest BCUT2D eigenvalue weighted by Crippen LogP contribution is 2.59. The average Bonchev–Trinajstić information content (AvgIpc) is 3.32. The lowest BCUT2D eigenvalue weighted by Crippen LogP contribution is -2.69. The van der Waals surface area contributed by atoms with Gasteiger partial charge in [-0.05, 0) is 44.2 Å². The first kappa shape index (κ1) is 16.8. The van der Waals surface area contributed by atoms with Crippen LogP contribution < -0.4 is 4.74 Å². The number of likely N-dealkylation sites (N-methyl/N-ethyl adjacent to an activating group) is 1. The molecule has 0 spiro atoms. The fourth-order valence-corrected chi connectivity index (χ4v) is 5.72. The van der Waals surface area contributed by atoms with Gasteiger partial charge < -0.3 is 29.9 Å². The second-order valence-electron chi connectivity index (χ2n) is 8.76.